The lowest BCUT2D eigenvalue weighted by molar-refractivity contribution is 0.473. The van der Waals surface area contributed by atoms with E-state index in [1.165, 1.54) is 33.4 Å². The van der Waals surface area contributed by atoms with Gasteiger partial charge in [-0.15, -0.1) is 0 Å². The van der Waals surface area contributed by atoms with Gasteiger partial charge >= 0.3 is 0 Å². The number of aryl methyl sites for hydroxylation is 4. The molecule has 1 aliphatic rings. The maximum atomic E-state index is 6.18. The summed E-state index contributed by atoms with van der Waals surface area (Å²) < 4.78 is 12.4. The molecule has 22 heavy (non-hydrogen) atoms. The largest absolute Gasteiger partial charge is 0.438 e. The molecule has 2 nitrogen and oxygen atoms in total. The van der Waals surface area contributed by atoms with Crippen molar-refractivity contribution >= 4 is 8.38 Å². The van der Waals surface area contributed by atoms with Gasteiger partial charge < -0.3 is 9.05 Å². The van der Waals surface area contributed by atoms with Crippen LogP contribution >= 0.6 is 8.38 Å². The third kappa shape index (κ3) is 2.61. The van der Waals surface area contributed by atoms with Crippen molar-refractivity contribution in [3.63, 3.8) is 0 Å². The minimum absolute atomic E-state index is 0.255. The SMILES string of the molecule is Cc1cc(C)c2c(c1)C(C)c1cc(C)cc(C)c1OP(C)O2. The maximum absolute atomic E-state index is 6.18. The molecule has 0 aliphatic carbocycles. The molecule has 1 aliphatic heterocycles. The van der Waals surface area contributed by atoms with Crippen molar-refractivity contribution in [3.8, 4) is 11.5 Å². The summed E-state index contributed by atoms with van der Waals surface area (Å²) in [5.74, 6) is 2.25. The molecule has 0 atom stereocenters. The highest BCUT2D eigenvalue weighted by Gasteiger charge is 2.26. The van der Waals surface area contributed by atoms with Crippen LogP contribution in [-0.2, 0) is 0 Å². The van der Waals surface area contributed by atoms with Gasteiger partial charge in [-0.05, 0) is 38.8 Å². The summed E-state index contributed by atoms with van der Waals surface area (Å²) in [5.41, 5.74) is 7.46. The van der Waals surface area contributed by atoms with Crippen molar-refractivity contribution < 1.29 is 9.05 Å². The Kier molecular flexibility index (Phi) is 3.91. The van der Waals surface area contributed by atoms with Crippen LogP contribution in [0.25, 0.3) is 0 Å². The Balaban J connectivity index is 2.27. The average Bonchev–Trinajstić information content (AvgIpc) is 2.42. The average molecular weight is 314 g/mol. The lowest BCUT2D eigenvalue weighted by atomic mass is 9.87. The number of rotatable bonds is 0. The molecule has 0 saturated carbocycles. The third-order valence-electron chi connectivity index (χ3n) is 4.27. The van der Waals surface area contributed by atoms with Gasteiger partial charge in [-0.25, -0.2) is 0 Å². The molecule has 0 aromatic heterocycles. The maximum Gasteiger partial charge on any atom is 0.287 e. The summed E-state index contributed by atoms with van der Waals surface area (Å²) in [6, 6.07) is 8.86. The van der Waals surface area contributed by atoms with Gasteiger partial charge in [0, 0.05) is 23.7 Å². The Morgan fingerprint density at radius 2 is 1.18 bits per heavy atom. The predicted molar refractivity (Wildman–Crippen MR) is 93.4 cm³/mol. The van der Waals surface area contributed by atoms with E-state index in [-0.39, 0.29) is 5.92 Å². The summed E-state index contributed by atoms with van der Waals surface area (Å²) in [5, 5.41) is 0. The summed E-state index contributed by atoms with van der Waals surface area (Å²) in [7, 11) is -0.979. The van der Waals surface area contributed by atoms with Gasteiger partial charge in [-0.2, -0.15) is 0 Å². The third-order valence-corrected chi connectivity index (χ3v) is 5.15. The van der Waals surface area contributed by atoms with Gasteiger partial charge in [0.15, 0.2) is 0 Å². The molecule has 2 aromatic carbocycles. The first-order valence-electron chi connectivity index (χ1n) is 7.68. The molecule has 3 rings (SSSR count). The minimum atomic E-state index is -0.979. The summed E-state index contributed by atoms with van der Waals surface area (Å²) in [4.78, 5) is 0. The fourth-order valence-corrected chi connectivity index (χ4v) is 4.36. The van der Waals surface area contributed by atoms with Gasteiger partial charge in [0.1, 0.15) is 11.5 Å². The lowest BCUT2D eigenvalue weighted by Gasteiger charge is -2.29. The van der Waals surface area contributed by atoms with Crippen LogP contribution in [0.3, 0.4) is 0 Å². The molecule has 0 fully saturated rings. The van der Waals surface area contributed by atoms with Gasteiger partial charge in [-0.1, -0.05) is 42.3 Å². The topological polar surface area (TPSA) is 18.5 Å². The predicted octanol–water partition coefficient (Wildman–Crippen LogP) is 5.78. The van der Waals surface area contributed by atoms with Crippen LogP contribution in [-0.4, -0.2) is 6.66 Å². The van der Waals surface area contributed by atoms with E-state index in [1.807, 2.05) is 6.66 Å². The second-order valence-electron chi connectivity index (χ2n) is 6.34. The first-order chi connectivity index (χ1) is 10.4. The molecule has 0 radical (unpaired) electrons. The minimum Gasteiger partial charge on any atom is -0.438 e. The Morgan fingerprint density at radius 3 is 1.59 bits per heavy atom. The fourth-order valence-electron chi connectivity index (χ4n) is 3.31. The van der Waals surface area contributed by atoms with E-state index in [1.54, 1.807) is 0 Å². The highest BCUT2D eigenvalue weighted by molar-refractivity contribution is 7.47. The molecule has 0 amide bonds. The van der Waals surface area contributed by atoms with Crippen molar-refractivity contribution in [2.75, 3.05) is 6.66 Å². The Morgan fingerprint density at radius 1 is 0.773 bits per heavy atom. The van der Waals surface area contributed by atoms with Crippen molar-refractivity contribution in [1.29, 1.82) is 0 Å². The number of hydrogen-bond donors (Lipinski definition) is 0. The molecule has 0 N–H and O–H groups in total. The van der Waals surface area contributed by atoms with Crippen LogP contribution in [0.15, 0.2) is 24.3 Å². The molecular weight excluding hydrogens is 291 g/mol. The van der Waals surface area contributed by atoms with Gasteiger partial charge in [0.05, 0.1) is 0 Å². The van der Waals surface area contributed by atoms with E-state index < -0.39 is 8.38 Å². The zero-order valence-corrected chi connectivity index (χ0v) is 15.0. The summed E-state index contributed by atoms with van der Waals surface area (Å²) in [6.07, 6.45) is 0. The van der Waals surface area contributed by atoms with E-state index in [9.17, 15) is 0 Å². The Labute approximate surface area is 134 Å². The molecule has 116 valence electrons. The molecular formula is C19H23O2P. The number of hydrogen-bond acceptors (Lipinski definition) is 2. The van der Waals surface area contributed by atoms with Crippen molar-refractivity contribution in [3.05, 3.63) is 57.6 Å². The Bertz CT molecular complexity index is 675. The highest BCUT2D eigenvalue weighted by atomic mass is 31.2. The molecule has 3 heteroatoms. The zero-order chi connectivity index (χ0) is 16.0. The first-order valence-corrected chi connectivity index (χ1v) is 9.31. The van der Waals surface area contributed by atoms with Crippen LogP contribution < -0.4 is 9.05 Å². The van der Waals surface area contributed by atoms with E-state index in [4.69, 9.17) is 9.05 Å². The second-order valence-corrected chi connectivity index (χ2v) is 7.59. The number of fused-ring (bicyclic) bond motifs is 2. The second kappa shape index (κ2) is 5.59. The summed E-state index contributed by atoms with van der Waals surface area (Å²) in [6.45, 7) is 12.8. The van der Waals surface area contributed by atoms with Crippen LogP contribution in [0, 0.1) is 27.7 Å². The van der Waals surface area contributed by atoms with E-state index in [0.29, 0.717) is 0 Å². The van der Waals surface area contributed by atoms with Gasteiger partial charge in [0.2, 0.25) is 0 Å². The van der Waals surface area contributed by atoms with Crippen LogP contribution in [0.2, 0.25) is 0 Å². The smallest absolute Gasteiger partial charge is 0.287 e. The van der Waals surface area contributed by atoms with E-state index in [0.717, 1.165) is 11.5 Å². The first kappa shape index (κ1) is 15.4. The standard InChI is InChI=1S/C19H23O2P/c1-11-7-13(3)18-16(9-11)15(5)17-10-12(2)8-14(4)19(17)21-22(6)20-18/h7-10,15H,1-6H3. The number of benzene rings is 2. The fraction of sp³-hybridized carbons (Fsp3) is 0.368. The molecule has 0 spiro atoms. The monoisotopic (exact) mass is 314 g/mol. The molecule has 0 saturated heterocycles. The molecule has 0 bridgehead atoms. The van der Waals surface area contributed by atoms with Crippen molar-refractivity contribution in [2.45, 2.75) is 40.5 Å². The molecule has 2 aromatic rings. The van der Waals surface area contributed by atoms with Crippen LogP contribution in [0.5, 0.6) is 11.5 Å². The molecule has 0 unspecified atom stereocenters. The molecule has 1 heterocycles. The highest BCUT2D eigenvalue weighted by Crippen LogP contribution is 2.50. The van der Waals surface area contributed by atoms with Crippen molar-refractivity contribution in [2.24, 2.45) is 0 Å². The zero-order valence-electron chi connectivity index (χ0n) is 14.2. The van der Waals surface area contributed by atoms with E-state index in [2.05, 4.69) is 58.9 Å². The lowest BCUT2D eigenvalue weighted by Crippen LogP contribution is -2.10. The van der Waals surface area contributed by atoms with E-state index >= 15 is 0 Å². The Hall–Kier alpha value is -1.53. The van der Waals surface area contributed by atoms with Gasteiger partial charge in [0.25, 0.3) is 8.38 Å². The quantitative estimate of drug-likeness (QED) is 0.573. The van der Waals surface area contributed by atoms with Gasteiger partial charge in [-0.3, -0.25) is 0 Å². The summed E-state index contributed by atoms with van der Waals surface area (Å²) >= 11 is 0. The van der Waals surface area contributed by atoms with Crippen LogP contribution in [0.4, 0.5) is 0 Å². The van der Waals surface area contributed by atoms with Crippen LogP contribution in [0.1, 0.15) is 46.2 Å². The normalized spacial score (nSPS) is 20.1. The van der Waals surface area contributed by atoms with Crippen molar-refractivity contribution in [1.82, 2.24) is 0 Å².